The van der Waals surface area contributed by atoms with Crippen LogP contribution in [0.25, 0.3) is 0 Å². The highest BCUT2D eigenvalue weighted by molar-refractivity contribution is 7.89. The van der Waals surface area contributed by atoms with Crippen molar-refractivity contribution in [3.63, 3.8) is 0 Å². The highest BCUT2D eigenvalue weighted by Crippen LogP contribution is 2.27. The molecule has 110 valence electrons. The lowest BCUT2D eigenvalue weighted by molar-refractivity contribution is 0.233. The largest absolute Gasteiger partial charge is 0.311 e. The average Bonchev–Trinajstić information content (AvgIpc) is 2.89. The van der Waals surface area contributed by atoms with Crippen molar-refractivity contribution in [3.8, 4) is 0 Å². The second-order valence-electron chi connectivity index (χ2n) is 5.88. The summed E-state index contributed by atoms with van der Waals surface area (Å²) in [5.41, 5.74) is 2.52. The number of nitrogens with zero attached hydrogens (tertiary/aromatic N) is 1. The van der Waals surface area contributed by atoms with Gasteiger partial charge in [-0.25, -0.2) is 8.42 Å². The van der Waals surface area contributed by atoms with Gasteiger partial charge in [0.15, 0.2) is 0 Å². The van der Waals surface area contributed by atoms with Gasteiger partial charge in [0, 0.05) is 25.2 Å². The van der Waals surface area contributed by atoms with E-state index in [-0.39, 0.29) is 12.1 Å². The lowest BCUT2D eigenvalue weighted by Crippen LogP contribution is -2.57. The summed E-state index contributed by atoms with van der Waals surface area (Å²) >= 11 is 0. The molecule has 4 nitrogen and oxygen atoms in total. The Bertz CT molecular complexity index is 612. The molecule has 0 bridgehead atoms. The van der Waals surface area contributed by atoms with Gasteiger partial charge in [-0.1, -0.05) is 6.07 Å². The summed E-state index contributed by atoms with van der Waals surface area (Å²) in [5, 5.41) is 3.32. The highest BCUT2D eigenvalue weighted by Gasteiger charge is 2.34. The first-order chi connectivity index (χ1) is 9.50. The first-order valence-corrected chi connectivity index (χ1v) is 8.81. The van der Waals surface area contributed by atoms with Crippen LogP contribution in [0.15, 0.2) is 23.1 Å². The number of benzene rings is 1. The monoisotopic (exact) mass is 294 g/mol. The molecule has 2 aliphatic rings. The maximum absolute atomic E-state index is 12.8. The van der Waals surface area contributed by atoms with Crippen molar-refractivity contribution in [3.05, 3.63) is 29.3 Å². The van der Waals surface area contributed by atoms with Gasteiger partial charge in [-0.3, -0.25) is 0 Å². The van der Waals surface area contributed by atoms with Crippen molar-refractivity contribution >= 4 is 10.0 Å². The van der Waals surface area contributed by atoms with Gasteiger partial charge in [-0.05, 0) is 56.4 Å². The van der Waals surface area contributed by atoms with Crippen molar-refractivity contribution in [1.29, 1.82) is 0 Å². The number of aryl methyl sites for hydroxylation is 2. The molecule has 20 heavy (non-hydrogen) atoms. The first-order valence-electron chi connectivity index (χ1n) is 7.37. The number of sulfonamides is 1. The second kappa shape index (κ2) is 5.13. The fourth-order valence-corrected chi connectivity index (χ4v) is 4.96. The molecule has 3 rings (SSSR count). The summed E-state index contributed by atoms with van der Waals surface area (Å²) < 4.78 is 27.3. The van der Waals surface area contributed by atoms with Gasteiger partial charge < -0.3 is 5.32 Å². The molecule has 1 aliphatic heterocycles. The van der Waals surface area contributed by atoms with E-state index in [1.54, 1.807) is 10.4 Å². The second-order valence-corrected chi connectivity index (χ2v) is 7.77. The van der Waals surface area contributed by atoms with E-state index in [2.05, 4.69) is 5.32 Å². The Morgan fingerprint density at radius 1 is 1.20 bits per heavy atom. The maximum Gasteiger partial charge on any atom is 0.243 e. The predicted molar refractivity (Wildman–Crippen MR) is 79.3 cm³/mol. The Morgan fingerprint density at radius 2 is 1.95 bits per heavy atom. The molecule has 0 radical (unpaired) electrons. The van der Waals surface area contributed by atoms with Crippen LogP contribution >= 0.6 is 0 Å². The van der Waals surface area contributed by atoms with Crippen LogP contribution < -0.4 is 5.32 Å². The first kappa shape index (κ1) is 14.0. The van der Waals surface area contributed by atoms with E-state index < -0.39 is 10.0 Å². The maximum atomic E-state index is 12.8. The van der Waals surface area contributed by atoms with Gasteiger partial charge in [-0.2, -0.15) is 4.31 Å². The number of fused-ring (bicyclic) bond motifs is 1. The summed E-state index contributed by atoms with van der Waals surface area (Å²) in [7, 11) is -3.37. The van der Waals surface area contributed by atoms with Crippen molar-refractivity contribution in [2.45, 2.75) is 50.1 Å². The third kappa shape index (κ3) is 2.28. The minimum atomic E-state index is -3.37. The van der Waals surface area contributed by atoms with Crippen molar-refractivity contribution in [1.82, 2.24) is 9.62 Å². The molecule has 1 aromatic rings. The molecule has 1 heterocycles. The van der Waals surface area contributed by atoms with Gasteiger partial charge in [0.25, 0.3) is 0 Å². The standard InChI is InChI=1S/C15H22N2O2S/c1-11-12(2)17(9-8-16-11)20(18,19)15-7-6-13-4-3-5-14(13)10-15/h6-7,10-12,16H,3-5,8-9H2,1-2H3. The number of piperazine rings is 1. The van der Waals surface area contributed by atoms with E-state index in [9.17, 15) is 8.42 Å². The third-order valence-corrected chi connectivity index (χ3v) is 6.64. The van der Waals surface area contributed by atoms with Crippen LogP contribution in [0.1, 0.15) is 31.4 Å². The SMILES string of the molecule is CC1NCCN(S(=O)(=O)c2ccc3c(c2)CCC3)C1C. The van der Waals surface area contributed by atoms with Gasteiger partial charge in [0.1, 0.15) is 0 Å². The van der Waals surface area contributed by atoms with Crippen LogP contribution in [0.4, 0.5) is 0 Å². The number of rotatable bonds is 2. The van der Waals surface area contributed by atoms with E-state index in [1.165, 1.54) is 11.1 Å². The molecule has 0 saturated carbocycles. The van der Waals surface area contributed by atoms with E-state index in [0.717, 1.165) is 25.8 Å². The predicted octanol–water partition coefficient (Wildman–Crippen LogP) is 1.55. The Balaban J connectivity index is 1.95. The zero-order valence-electron chi connectivity index (χ0n) is 12.1. The van der Waals surface area contributed by atoms with Crippen molar-refractivity contribution in [2.24, 2.45) is 0 Å². The summed E-state index contributed by atoms with van der Waals surface area (Å²) in [6.45, 7) is 5.28. The fraction of sp³-hybridized carbons (Fsp3) is 0.600. The minimum Gasteiger partial charge on any atom is -0.311 e. The van der Waals surface area contributed by atoms with Gasteiger partial charge >= 0.3 is 0 Å². The molecule has 1 N–H and O–H groups in total. The minimum absolute atomic E-state index is 0.0120. The molecule has 0 amide bonds. The quantitative estimate of drug-likeness (QED) is 0.900. The molecule has 1 saturated heterocycles. The molecule has 0 aromatic heterocycles. The molecule has 1 fully saturated rings. The van der Waals surface area contributed by atoms with Crippen molar-refractivity contribution < 1.29 is 8.42 Å². The van der Waals surface area contributed by atoms with E-state index in [0.29, 0.717) is 11.4 Å². The summed E-state index contributed by atoms with van der Waals surface area (Å²) in [5.74, 6) is 0. The smallest absolute Gasteiger partial charge is 0.243 e. The van der Waals surface area contributed by atoms with Crippen LogP contribution in [0.2, 0.25) is 0 Å². The Kier molecular flexibility index (Phi) is 3.60. The van der Waals surface area contributed by atoms with Crippen LogP contribution in [-0.4, -0.2) is 37.9 Å². The fourth-order valence-electron chi connectivity index (χ4n) is 3.21. The van der Waals surface area contributed by atoms with E-state index >= 15 is 0 Å². The molecule has 0 spiro atoms. The number of nitrogens with one attached hydrogen (secondary N) is 1. The van der Waals surface area contributed by atoms with Crippen LogP contribution in [-0.2, 0) is 22.9 Å². The number of hydrogen-bond donors (Lipinski definition) is 1. The summed E-state index contributed by atoms with van der Waals surface area (Å²) in [6, 6.07) is 5.83. The van der Waals surface area contributed by atoms with Crippen molar-refractivity contribution in [2.75, 3.05) is 13.1 Å². The molecule has 2 unspecified atom stereocenters. The normalized spacial score (nSPS) is 27.5. The topological polar surface area (TPSA) is 49.4 Å². The van der Waals surface area contributed by atoms with Crippen LogP contribution in [0, 0.1) is 0 Å². The van der Waals surface area contributed by atoms with Gasteiger partial charge in [0.2, 0.25) is 10.0 Å². The lowest BCUT2D eigenvalue weighted by Gasteiger charge is -2.37. The highest BCUT2D eigenvalue weighted by atomic mass is 32.2. The number of hydrogen-bond acceptors (Lipinski definition) is 3. The van der Waals surface area contributed by atoms with Crippen LogP contribution in [0.3, 0.4) is 0 Å². The zero-order valence-corrected chi connectivity index (χ0v) is 12.9. The molecule has 2 atom stereocenters. The molecular formula is C15H22N2O2S. The zero-order chi connectivity index (χ0) is 14.3. The molecule has 1 aliphatic carbocycles. The summed E-state index contributed by atoms with van der Waals surface area (Å²) in [4.78, 5) is 0.458. The molecular weight excluding hydrogens is 272 g/mol. The van der Waals surface area contributed by atoms with Gasteiger partial charge in [0.05, 0.1) is 4.90 Å². The molecule has 1 aromatic carbocycles. The third-order valence-electron chi connectivity index (χ3n) is 4.65. The molecule has 5 heteroatoms. The Hall–Kier alpha value is -0.910. The summed E-state index contributed by atoms with van der Waals surface area (Å²) in [6.07, 6.45) is 3.23. The van der Waals surface area contributed by atoms with E-state index in [4.69, 9.17) is 0 Å². The Morgan fingerprint density at radius 3 is 2.75 bits per heavy atom. The Labute approximate surface area is 121 Å². The van der Waals surface area contributed by atoms with Gasteiger partial charge in [-0.15, -0.1) is 0 Å². The lowest BCUT2D eigenvalue weighted by atomic mass is 10.1. The average molecular weight is 294 g/mol. The van der Waals surface area contributed by atoms with Crippen LogP contribution in [0.5, 0.6) is 0 Å². The van der Waals surface area contributed by atoms with E-state index in [1.807, 2.05) is 26.0 Å².